The molecule has 128 valence electrons. The molecule has 0 spiro atoms. The predicted octanol–water partition coefficient (Wildman–Crippen LogP) is 4.47. The molecule has 22 heavy (non-hydrogen) atoms. The molecular formula is C18H33NO3. The minimum atomic E-state index is -0.981. The van der Waals surface area contributed by atoms with Crippen LogP contribution in [-0.4, -0.2) is 23.5 Å². The van der Waals surface area contributed by atoms with E-state index in [1.807, 2.05) is 0 Å². The van der Waals surface area contributed by atoms with E-state index in [-0.39, 0.29) is 5.91 Å². The zero-order valence-electron chi connectivity index (χ0n) is 14.1. The first-order chi connectivity index (χ1) is 10.6. The fourth-order valence-corrected chi connectivity index (χ4v) is 1.90. The van der Waals surface area contributed by atoms with Gasteiger partial charge in [-0.2, -0.15) is 0 Å². The summed E-state index contributed by atoms with van der Waals surface area (Å²) < 4.78 is 0. The molecule has 4 nitrogen and oxygen atoms in total. The molecule has 0 fully saturated rings. The Morgan fingerprint density at radius 3 is 1.64 bits per heavy atom. The third-order valence-corrected chi connectivity index (χ3v) is 3.19. The molecule has 0 aliphatic carbocycles. The molecule has 0 bridgehead atoms. The lowest BCUT2D eigenvalue weighted by molar-refractivity contribution is -0.131. The van der Waals surface area contributed by atoms with Gasteiger partial charge in [0.2, 0.25) is 5.91 Å². The van der Waals surface area contributed by atoms with Gasteiger partial charge in [-0.25, -0.2) is 4.79 Å². The number of amides is 1. The van der Waals surface area contributed by atoms with Crippen molar-refractivity contribution in [2.45, 2.75) is 71.1 Å². The van der Waals surface area contributed by atoms with Gasteiger partial charge in [0, 0.05) is 12.6 Å². The number of carbonyl (C=O) groups is 2. The van der Waals surface area contributed by atoms with E-state index < -0.39 is 5.97 Å². The van der Waals surface area contributed by atoms with E-state index in [0.29, 0.717) is 0 Å². The fraction of sp³-hybridized carbons (Fsp3) is 0.667. The second kappa shape index (κ2) is 19.4. The molecule has 0 aromatic rings. The molecule has 0 radical (unpaired) electrons. The minimum Gasteiger partial charge on any atom is -0.478 e. The largest absolute Gasteiger partial charge is 0.478 e. The summed E-state index contributed by atoms with van der Waals surface area (Å²) in [6.07, 6.45) is 15.4. The number of aliphatic carboxylic acids is 1. The van der Waals surface area contributed by atoms with Gasteiger partial charge >= 0.3 is 5.97 Å². The van der Waals surface area contributed by atoms with Crippen molar-refractivity contribution in [3.8, 4) is 0 Å². The first kappa shape index (κ1) is 22.7. The van der Waals surface area contributed by atoms with Crippen molar-refractivity contribution >= 4 is 11.9 Å². The van der Waals surface area contributed by atoms with Crippen LogP contribution < -0.4 is 5.32 Å². The van der Waals surface area contributed by atoms with Crippen LogP contribution >= 0.6 is 0 Å². The summed E-state index contributed by atoms with van der Waals surface area (Å²) in [5.41, 5.74) is 0. The SMILES string of the molecule is C=CC(=O)NCCCCCCCCCCCC.C=CC(=O)O. The highest BCUT2D eigenvalue weighted by Crippen LogP contribution is 2.10. The number of hydrogen-bond acceptors (Lipinski definition) is 2. The van der Waals surface area contributed by atoms with E-state index in [2.05, 4.69) is 25.4 Å². The summed E-state index contributed by atoms with van der Waals surface area (Å²) in [7, 11) is 0. The minimum absolute atomic E-state index is 0.0547. The zero-order valence-corrected chi connectivity index (χ0v) is 14.1. The molecule has 0 aromatic heterocycles. The molecule has 1 amide bonds. The highest BCUT2D eigenvalue weighted by Gasteiger charge is 1.94. The lowest BCUT2D eigenvalue weighted by atomic mass is 10.1. The zero-order chi connectivity index (χ0) is 17.1. The maximum Gasteiger partial charge on any atom is 0.327 e. The van der Waals surface area contributed by atoms with Crippen molar-refractivity contribution < 1.29 is 14.7 Å². The van der Waals surface area contributed by atoms with Crippen molar-refractivity contribution in [2.24, 2.45) is 0 Å². The van der Waals surface area contributed by atoms with Gasteiger partial charge < -0.3 is 10.4 Å². The van der Waals surface area contributed by atoms with Crippen LogP contribution in [0.5, 0.6) is 0 Å². The number of carboxylic acids is 1. The van der Waals surface area contributed by atoms with E-state index in [1.165, 1.54) is 63.9 Å². The highest BCUT2D eigenvalue weighted by atomic mass is 16.4. The van der Waals surface area contributed by atoms with E-state index >= 15 is 0 Å². The molecule has 0 unspecified atom stereocenters. The molecule has 0 atom stereocenters. The first-order valence-corrected chi connectivity index (χ1v) is 8.34. The van der Waals surface area contributed by atoms with Crippen LogP contribution in [0.4, 0.5) is 0 Å². The van der Waals surface area contributed by atoms with Gasteiger partial charge in [-0.1, -0.05) is 77.9 Å². The third-order valence-electron chi connectivity index (χ3n) is 3.19. The standard InChI is InChI=1S/C15H29NO.C3H4O2/c1-3-5-6-7-8-9-10-11-12-13-14-16-15(17)4-2;1-2-3(4)5/h4H,2-3,5-14H2,1H3,(H,16,17);2H,1H2,(H,4,5). The number of hydrogen-bond donors (Lipinski definition) is 2. The fourth-order valence-electron chi connectivity index (χ4n) is 1.90. The average molecular weight is 311 g/mol. The number of nitrogens with one attached hydrogen (secondary N) is 1. The van der Waals surface area contributed by atoms with Crippen molar-refractivity contribution in [1.82, 2.24) is 5.32 Å². The Labute approximate surface area is 135 Å². The predicted molar refractivity (Wildman–Crippen MR) is 92.9 cm³/mol. The Kier molecular flexibility index (Phi) is 20.0. The smallest absolute Gasteiger partial charge is 0.327 e. The van der Waals surface area contributed by atoms with Gasteiger partial charge in [-0.3, -0.25) is 4.79 Å². The van der Waals surface area contributed by atoms with Crippen LogP contribution in [0.25, 0.3) is 0 Å². The van der Waals surface area contributed by atoms with E-state index in [0.717, 1.165) is 19.0 Å². The van der Waals surface area contributed by atoms with Gasteiger partial charge in [0.25, 0.3) is 0 Å². The Morgan fingerprint density at radius 2 is 1.27 bits per heavy atom. The summed E-state index contributed by atoms with van der Waals surface area (Å²) in [6.45, 7) is 9.43. The van der Waals surface area contributed by atoms with Crippen LogP contribution in [0.1, 0.15) is 71.1 Å². The summed E-state index contributed by atoms with van der Waals surface area (Å²) in [5.74, 6) is -1.04. The first-order valence-electron chi connectivity index (χ1n) is 8.34. The molecule has 0 saturated heterocycles. The quantitative estimate of drug-likeness (QED) is 0.389. The summed E-state index contributed by atoms with van der Waals surface area (Å²) in [5, 5.41) is 10.4. The second-order valence-electron chi connectivity index (χ2n) is 5.22. The van der Waals surface area contributed by atoms with E-state index in [4.69, 9.17) is 5.11 Å². The molecule has 0 saturated carbocycles. The van der Waals surface area contributed by atoms with E-state index in [9.17, 15) is 9.59 Å². The van der Waals surface area contributed by atoms with Crippen LogP contribution in [-0.2, 0) is 9.59 Å². The maximum atomic E-state index is 10.8. The number of carboxylic acid groups (broad SMARTS) is 1. The molecule has 0 rings (SSSR count). The molecule has 0 heterocycles. The molecule has 0 aliphatic heterocycles. The number of rotatable bonds is 13. The van der Waals surface area contributed by atoms with Crippen LogP contribution in [0, 0.1) is 0 Å². The Bertz CT molecular complexity index is 301. The van der Waals surface area contributed by atoms with Gasteiger partial charge in [-0.05, 0) is 12.5 Å². The van der Waals surface area contributed by atoms with Gasteiger partial charge in [0.15, 0.2) is 0 Å². The van der Waals surface area contributed by atoms with Crippen molar-refractivity contribution in [3.63, 3.8) is 0 Å². The summed E-state index contributed by atoms with van der Waals surface area (Å²) in [4.78, 5) is 20.1. The Hall–Kier alpha value is -1.58. The van der Waals surface area contributed by atoms with Crippen LogP contribution in [0.15, 0.2) is 25.3 Å². The van der Waals surface area contributed by atoms with Gasteiger partial charge in [0.1, 0.15) is 0 Å². The van der Waals surface area contributed by atoms with Gasteiger partial charge in [0.05, 0.1) is 0 Å². The third kappa shape index (κ3) is 23.5. The van der Waals surface area contributed by atoms with E-state index in [1.54, 1.807) is 0 Å². The average Bonchev–Trinajstić information content (AvgIpc) is 2.52. The summed E-state index contributed by atoms with van der Waals surface area (Å²) >= 11 is 0. The Balaban J connectivity index is 0. The van der Waals surface area contributed by atoms with Crippen LogP contribution in [0.3, 0.4) is 0 Å². The molecule has 0 aromatic carbocycles. The monoisotopic (exact) mass is 311 g/mol. The van der Waals surface area contributed by atoms with Crippen molar-refractivity contribution in [2.75, 3.05) is 6.54 Å². The lowest BCUT2D eigenvalue weighted by Crippen LogP contribution is -2.21. The van der Waals surface area contributed by atoms with Crippen LogP contribution in [0.2, 0.25) is 0 Å². The molecule has 4 heteroatoms. The Morgan fingerprint density at radius 1 is 0.864 bits per heavy atom. The van der Waals surface area contributed by atoms with Crippen molar-refractivity contribution in [3.05, 3.63) is 25.3 Å². The van der Waals surface area contributed by atoms with Crippen molar-refractivity contribution in [1.29, 1.82) is 0 Å². The normalized spacial score (nSPS) is 9.32. The molecular weight excluding hydrogens is 278 g/mol. The van der Waals surface area contributed by atoms with Gasteiger partial charge in [-0.15, -0.1) is 0 Å². The maximum absolute atomic E-state index is 10.8. The molecule has 2 N–H and O–H groups in total. The highest BCUT2D eigenvalue weighted by molar-refractivity contribution is 5.86. The second-order valence-corrected chi connectivity index (χ2v) is 5.22. The molecule has 0 aliphatic rings. The number of unbranched alkanes of at least 4 members (excludes halogenated alkanes) is 9. The number of carbonyl (C=O) groups excluding carboxylic acids is 1. The topological polar surface area (TPSA) is 66.4 Å². The summed E-state index contributed by atoms with van der Waals surface area (Å²) in [6, 6.07) is 0. The lowest BCUT2D eigenvalue weighted by Gasteiger charge is -2.03.